The lowest BCUT2D eigenvalue weighted by Crippen LogP contribution is -2.16. The molecule has 1 heterocycles. The van der Waals surface area contributed by atoms with Crippen LogP contribution in [0.1, 0.15) is 38.2 Å². The first kappa shape index (κ1) is 15.4. The third-order valence-corrected chi connectivity index (χ3v) is 3.10. The maximum Gasteiger partial charge on any atom is 0.262 e. The normalized spacial score (nSPS) is 11.0. The Morgan fingerprint density at radius 2 is 2.21 bits per heavy atom. The molecule has 0 atom stereocenters. The van der Waals surface area contributed by atoms with Crippen LogP contribution in [-0.2, 0) is 6.54 Å². The van der Waals surface area contributed by atoms with Gasteiger partial charge in [0.05, 0.1) is 5.56 Å². The molecule has 1 aromatic rings. The smallest absolute Gasteiger partial charge is 0.262 e. The second-order valence-corrected chi connectivity index (χ2v) is 4.68. The zero-order valence-electron chi connectivity index (χ0n) is 11.2. The van der Waals surface area contributed by atoms with Crippen molar-refractivity contribution < 1.29 is 5.11 Å². The highest BCUT2D eigenvalue weighted by Gasteiger charge is 2.08. The van der Waals surface area contributed by atoms with Crippen molar-refractivity contribution >= 4 is 18.3 Å². The van der Waals surface area contributed by atoms with Gasteiger partial charge in [-0.3, -0.25) is 14.3 Å². The van der Waals surface area contributed by atoms with Crippen LogP contribution in [0.25, 0.3) is 6.08 Å². The molecule has 4 nitrogen and oxygen atoms in total. The predicted molar refractivity (Wildman–Crippen MR) is 80.9 cm³/mol. The fraction of sp³-hybridized carbons (Fsp3) is 0.429. The van der Waals surface area contributed by atoms with Crippen LogP contribution in [0.2, 0.25) is 0 Å². The number of unbranched alkanes of at least 4 members (excludes halogenated alkanes) is 3. The highest BCUT2D eigenvalue weighted by Crippen LogP contribution is 2.15. The van der Waals surface area contributed by atoms with Gasteiger partial charge in [-0.2, -0.15) is 0 Å². The molecule has 2 N–H and O–H groups in total. The van der Waals surface area contributed by atoms with Gasteiger partial charge in [0.1, 0.15) is 0 Å². The van der Waals surface area contributed by atoms with E-state index in [9.17, 15) is 9.90 Å². The molecule has 1 aromatic heterocycles. The molecule has 5 heteroatoms. The molecule has 0 aliphatic rings. The monoisotopic (exact) mass is 280 g/mol. The topological polar surface area (TPSA) is 58.0 Å². The van der Waals surface area contributed by atoms with Crippen molar-refractivity contribution in [2.75, 3.05) is 0 Å². The maximum atomic E-state index is 11.8. The third-order valence-electron chi connectivity index (χ3n) is 2.78. The van der Waals surface area contributed by atoms with Crippen molar-refractivity contribution in [1.82, 2.24) is 9.55 Å². The van der Waals surface area contributed by atoms with Gasteiger partial charge in [-0.25, -0.2) is 0 Å². The van der Waals surface area contributed by atoms with E-state index in [-0.39, 0.29) is 21.8 Å². The van der Waals surface area contributed by atoms with Gasteiger partial charge in [-0.05, 0) is 31.1 Å². The summed E-state index contributed by atoms with van der Waals surface area (Å²) >= 11 is 5.00. The number of aromatic nitrogens is 2. The van der Waals surface area contributed by atoms with Gasteiger partial charge in [0.25, 0.3) is 5.56 Å². The lowest BCUT2D eigenvalue weighted by molar-refractivity contribution is 0.412. The summed E-state index contributed by atoms with van der Waals surface area (Å²) in [6, 6.07) is 0. The fourth-order valence-corrected chi connectivity index (χ4v) is 1.99. The van der Waals surface area contributed by atoms with E-state index < -0.39 is 0 Å². The van der Waals surface area contributed by atoms with Gasteiger partial charge in [-0.15, -0.1) is 6.58 Å². The van der Waals surface area contributed by atoms with Gasteiger partial charge < -0.3 is 5.11 Å². The molecule has 0 aliphatic heterocycles. The van der Waals surface area contributed by atoms with Crippen LogP contribution in [0, 0.1) is 4.77 Å². The van der Waals surface area contributed by atoms with Crippen molar-refractivity contribution in [2.24, 2.45) is 0 Å². The molecule has 0 spiro atoms. The van der Waals surface area contributed by atoms with Gasteiger partial charge in [0.2, 0.25) is 5.88 Å². The highest BCUT2D eigenvalue weighted by molar-refractivity contribution is 7.71. The summed E-state index contributed by atoms with van der Waals surface area (Å²) in [7, 11) is 0. The second kappa shape index (κ2) is 7.74. The molecule has 0 amide bonds. The molecular formula is C14H20N2O2S. The van der Waals surface area contributed by atoms with Crippen LogP contribution < -0.4 is 5.56 Å². The lowest BCUT2D eigenvalue weighted by Gasteiger charge is -2.08. The Balaban J connectivity index is 3.00. The van der Waals surface area contributed by atoms with Crippen molar-refractivity contribution in [2.45, 2.75) is 39.2 Å². The van der Waals surface area contributed by atoms with Crippen molar-refractivity contribution in [3.63, 3.8) is 0 Å². The fourth-order valence-electron chi connectivity index (χ4n) is 1.74. The zero-order chi connectivity index (χ0) is 14.3. The first-order valence-corrected chi connectivity index (χ1v) is 6.86. The minimum absolute atomic E-state index is 0.111. The van der Waals surface area contributed by atoms with Crippen LogP contribution >= 0.6 is 12.2 Å². The molecule has 19 heavy (non-hydrogen) atoms. The molecule has 0 saturated carbocycles. The average Bonchev–Trinajstić information content (AvgIpc) is 2.37. The minimum Gasteiger partial charge on any atom is -0.494 e. The van der Waals surface area contributed by atoms with Gasteiger partial charge >= 0.3 is 0 Å². The molecule has 0 aliphatic carbocycles. The number of allylic oxidation sites excluding steroid dienone is 2. The molecule has 0 unspecified atom stereocenters. The van der Waals surface area contributed by atoms with E-state index in [1.165, 1.54) is 4.57 Å². The van der Waals surface area contributed by atoms with Crippen molar-refractivity contribution in [3.8, 4) is 5.88 Å². The number of aromatic hydroxyl groups is 1. The summed E-state index contributed by atoms with van der Waals surface area (Å²) in [6.45, 7) is 6.10. The summed E-state index contributed by atoms with van der Waals surface area (Å²) in [5, 5.41) is 10.1. The van der Waals surface area contributed by atoms with E-state index in [0.29, 0.717) is 6.54 Å². The van der Waals surface area contributed by atoms with E-state index in [4.69, 9.17) is 12.2 Å². The number of hydrogen-bond acceptors (Lipinski definition) is 3. The van der Waals surface area contributed by atoms with E-state index in [2.05, 4.69) is 18.5 Å². The van der Waals surface area contributed by atoms with E-state index in [0.717, 1.165) is 25.7 Å². The Kier molecular flexibility index (Phi) is 6.29. The molecule has 104 valence electrons. The van der Waals surface area contributed by atoms with Gasteiger partial charge in [0, 0.05) is 6.54 Å². The number of nitrogens with zero attached hydrogens (tertiary/aromatic N) is 1. The third kappa shape index (κ3) is 4.21. The van der Waals surface area contributed by atoms with Crippen LogP contribution in [0.5, 0.6) is 5.88 Å². The van der Waals surface area contributed by atoms with Gasteiger partial charge in [-0.1, -0.05) is 31.9 Å². The predicted octanol–water partition coefficient (Wildman–Crippen LogP) is 3.39. The molecule has 0 radical (unpaired) electrons. The molecule has 0 saturated heterocycles. The Morgan fingerprint density at radius 3 is 2.84 bits per heavy atom. The summed E-state index contributed by atoms with van der Waals surface area (Å²) in [4.78, 5) is 14.3. The number of H-pyrrole nitrogens is 1. The molecule has 0 aromatic carbocycles. The molecule has 0 fully saturated rings. The zero-order valence-corrected chi connectivity index (χ0v) is 12.0. The van der Waals surface area contributed by atoms with Crippen molar-refractivity contribution in [3.05, 3.63) is 39.4 Å². The summed E-state index contributed by atoms with van der Waals surface area (Å²) < 4.78 is 1.64. The van der Waals surface area contributed by atoms with Crippen LogP contribution in [0.15, 0.2) is 23.5 Å². The van der Waals surface area contributed by atoms with Crippen LogP contribution in [0.4, 0.5) is 0 Å². The second-order valence-electron chi connectivity index (χ2n) is 4.29. The maximum absolute atomic E-state index is 11.8. The Morgan fingerprint density at radius 1 is 1.47 bits per heavy atom. The SMILES string of the molecule is C=CCn1c(O)c(C=CCCCCC)c(=O)[nH]c1=S. The van der Waals surface area contributed by atoms with E-state index in [1.54, 1.807) is 12.2 Å². The number of nitrogens with one attached hydrogen (secondary N) is 1. The number of aromatic amines is 1. The average molecular weight is 280 g/mol. The largest absolute Gasteiger partial charge is 0.494 e. The number of hydrogen-bond donors (Lipinski definition) is 2. The summed E-state index contributed by atoms with van der Waals surface area (Å²) in [5.41, 5.74) is -0.124. The Labute approximate surface area is 118 Å². The Hall–Kier alpha value is -1.62. The Bertz CT molecular complexity index is 570. The standard InChI is InChI=1S/C14H20N2O2S/c1-3-5-6-7-8-9-11-12(17)15-14(19)16(10-4-2)13(11)18/h4,8-9,18H,2-3,5-7,10H2,1H3,(H,15,17,19). The number of rotatable bonds is 7. The first-order valence-electron chi connectivity index (χ1n) is 6.45. The van der Waals surface area contributed by atoms with Gasteiger partial charge in [0.15, 0.2) is 4.77 Å². The minimum atomic E-state index is -0.366. The molecule has 1 rings (SSSR count). The summed E-state index contributed by atoms with van der Waals surface area (Å²) in [6.07, 6.45) is 9.46. The van der Waals surface area contributed by atoms with Crippen molar-refractivity contribution in [1.29, 1.82) is 0 Å². The van der Waals surface area contributed by atoms with Crippen LogP contribution in [-0.4, -0.2) is 14.7 Å². The quantitative estimate of drug-likeness (QED) is 0.457. The lowest BCUT2D eigenvalue weighted by atomic mass is 10.2. The first-order chi connectivity index (χ1) is 9.11. The van der Waals surface area contributed by atoms with E-state index in [1.807, 2.05) is 6.08 Å². The molecule has 0 bridgehead atoms. The van der Waals surface area contributed by atoms with E-state index >= 15 is 0 Å². The van der Waals surface area contributed by atoms with Crippen LogP contribution in [0.3, 0.4) is 0 Å². The highest BCUT2D eigenvalue weighted by atomic mass is 32.1. The summed E-state index contributed by atoms with van der Waals surface area (Å²) in [5.74, 6) is -0.111. The molecular weight excluding hydrogens is 260 g/mol.